The van der Waals surface area contributed by atoms with Crippen LogP contribution in [0.2, 0.25) is 0 Å². The maximum absolute atomic E-state index is 12.6. The first-order valence-corrected chi connectivity index (χ1v) is 8.57. The van der Waals surface area contributed by atoms with Crippen LogP contribution in [0.25, 0.3) is 0 Å². The highest BCUT2D eigenvalue weighted by Crippen LogP contribution is 2.31. The summed E-state index contributed by atoms with van der Waals surface area (Å²) in [5, 5.41) is 0. The number of benzene rings is 1. The molecule has 1 aromatic heterocycles. The Kier molecular flexibility index (Phi) is 5.05. The zero-order valence-electron chi connectivity index (χ0n) is 14.7. The Bertz CT molecular complexity index is 661. The van der Waals surface area contributed by atoms with Crippen LogP contribution < -0.4 is 0 Å². The van der Waals surface area contributed by atoms with Gasteiger partial charge >= 0.3 is 0 Å². The molecule has 1 aliphatic rings. The van der Waals surface area contributed by atoms with E-state index >= 15 is 0 Å². The van der Waals surface area contributed by atoms with Gasteiger partial charge in [-0.25, -0.2) is 0 Å². The number of aryl methyl sites for hydroxylation is 2. The maximum atomic E-state index is 12.6. The van der Waals surface area contributed by atoms with Gasteiger partial charge in [-0.3, -0.25) is 4.79 Å². The van der Waals surface area contributed by atoms with Crippen molar-refractivity contribution in [2.45, 2.75) is 31.7 Å². The average Bonchev–Trinajstić information content (AvgIpc) is 3.23. The lowest BCUT2D eigenvalue weighted by atomic mass is 9.93. The molecule has 0 spiro atoms. The third-order valence-electron chi connectivity index (χ3n) is 4.98. The first kappa shape index (κ1) is 16.8. The van der Waals surface area contributed by atoms with E-state index in [0.717, 1.165) is 18.8 Å². The molecule has 128 valence electrons. The quantitative estimate of drug-likeness (QED) is 0.847. The molecule has 24 heavy (non-hydrogen) atoms. The van der Waals surface area contributed by atoms with E-state index < -0.39 is 0 Å². The fraction of sp³-hybridized carbons (Fsp3) is 0.450. The Morgan fingerprint density at radius 1 is 1.21 bits per heavy atom. The van der Waals surface area contributed by atoms with Gasteiger partial charge in [0, 0.05) is 37.9 Å². The lowest BCUT2D eigenvalue weighted by molar-refractivity contribution is -0.130. The number of furan rings is 1. The fourth-order valence-corrected chi connectivity index (χ4v) is 3.50. The minimum Gasteiger partial charge on any atom is -0.469 e. The summed E-state index contributed by atoms with van der Waals surface area (Å²) in [7, 11) is 4.20. The molecule has 0 unspecified atom stereocenters. The molecule has 3 rings (SSSR count). The van der Waals surface area contributed by atoms with Crippen molar-refractivity contribution in [2.75, 3.05) is 27.2 Å². The van der Waals surface area contributed by atoms with E-state index in [4.69, 9.17) is 4.42 Å². The van der Waals surface area contributed by atoms with Gasteiger partial charge in [-0.2, -0.15) is 0 Å². The molecule has 1 aromatic carbocycles. The summed E-state index contributed by atoms with van der Waals surface area (Å²) in [5.74, 6) is 1.46. The van der Waals surface area contributed by atoms with Crippen LogP contribution in [0.5, 0.6) is 0 Å². The number of likely N-dealkylation sites (N-methyl/N-ethyl adjacent to an activating group) is 1. The Morgan fingerprint density at radius 3 is 2.58 bits per heavy atom. The minimum atomic E-state index is 0.216. The van der Waals surface area contributed by atoms with Crippen molar-refractivity contribution in [1.29, 1.82) is 0 Å². The number of likely N-dealkylation sites (tertiary alicyclic amines) is 1. The van der Waals surface area contributed by atoms with Crippen LogP contribution in [0.1, 0.15) is 29.2 Å². The molecule has 0 saturated carbocycles. The van der Waals surface area contributed by atoms with Crippen LogP contribution in [-0.4, -0.2) is 48.9 Å². The van der Waals surface area contributed by atoms with Gasteiger partial charge in [-0.1, -0.05) is 29.8 Å². The Hall–Kier alpha value is -2.07. The molecule has 0 N–H and O–H groups in total. The number of rotatable bonds is 5. The molecule has 0 radical (unpaired) electrons. The van der Waals surface area contributed by atoms with Crippen molar-refractivity contribution >= 4 is 5.91 Å². The SMILES string of the molecule is Cc1ccc([C@@H]2CN(C(=O)CCc3ccco3)C[C@H]2N(C)C)cc1. The van der Waals surface area contributed by atoms with E-state index in [1.54, 1.807) is 6.26 Å². The van der Waals surface area contributed by atoms with Crippen LogP contribution in [0, 0.1) is 6.92 Å². The zero-order chi connectivity index (χ0) is 17.1. The highest BCUT2D eigenvalue weighted by Gasteiger charge is 2.37. The van der Waals surface area contributed by atoms with Crippen molar-refractivity contribution in [3.8, 4) is 0 Å². The van der Waals surface area contributed by atoms with E-state index in [2.05, 4.69) is 50.2 Å². The monoisotopic (exact) mass is 326 g/mol. The minimum absolute atomic E-state index is 0.216. The number of hydrogen-bond donors (Lipinski definition) is 0. The van der Waals surface area contributed by atoms with Gasteiger partial charge in [0.1, 0.15) is 5.76 Å². The second-order valence-electron chi connectivity index (χ2n) is 6.93. The Morgan fingerprint density at radius 2 is 1.96 bits per heavy atom. The van der Waals surface area contributed by atoms with Crippen molar-refractivity contribution in [2.24, 2.45) is 0 Å². The molecule has 0 bridgehead atoms. The molecule has 2 aromatic rings. The summed E-state index contributed by atoms with van der Waals surface area (Å²) in [6.07, 6.45) is 2.84. The Balaban J connectivity index is 1.67. The molecule has 4 nitrogen and oxygen atoms in total. The average molecular weight is 326 g/mol. The molecule has 2 heterocycles. The van der Waals surface area contributed by atoms with Gasteiger partial charge in [0.05, 0.1) is 6.26 Å². The van der Waals surface area contributed by atoms with E-state index in [1.807, 2.05) is 17.0 Å². The molecule has 0 aliphatic carbocycles. The van der Waals surface area contributed by atoms with Crippen molar-refractivity contribution in [3.63, 3.8) is 0 Å². The van der Waals surface area contributed by atoms with Crippen molar-refractivity contribution < 1.29 is 9.21 Å². The van der Waals surface area contributed by atoms with Gasteiger partial charge in [-0.15, -0.1) is 0 Å². The summed E-state index contributed by atoms with van der Waals surface area (Å²) in [4.78, 5) is 16.9. The molecule has 1 fully saturated rings. The predicted molar refractivity (Wildman–Crippen MR) is 95.0 cm³/mol. The normalized spacial score (nSPS) is 20.8. The van der Waals surface area contributed by atoms with Crippen LogP contribution >= 0.6 is 0 Å². The predicted octanol–water partition coefficient (Wildman–Crippen LogP) is 3.08. The summed E-state index contributed by atoms with van der Waals surface area (Å²) < 4.78 is 5.33. The van der Waals surface area contributed by atoms with Crippen LogP contribution in [0.15, 0.2) is 47.1 Å². The second kappa shape index (κ2) is 7.22. The van der Waals surface area contributed by atoms with Gasteiger partial charge in [-0.05, 0) is 38.7 Å². The number of amides is 1. The summed E-state index contributed by atoms with van der Waals surface area (Å²) >= 11 is 0. The molecule has 1 aliphatic heterocycles. The molecule has 4 heteroatoms. The highest BCUT2D eigenvalue weighted by molar-refractivity contribution is 5.77. The topological polar surface area (TPSA) is 36.7 Å². The summed E-state index contributed by atoms with van der Waals surface area (Å²) in [6.45, 7) is 3.69. The third-order valence-corrected chi connectivity index (χ3v) is 4.98. The molecule has 1 saturated heterocycles. The second-order valence-corrected chi connectivity index (χ2v) is 6.93. The Labute approximate surface area is 144 Å². The van der Waals surface area contributed by atoms with Gasteiger partial charge < -0.3 is 14.2 Å². The van der Waals surface area contributed by atoms with Gasteiger partial charge in [0.2, 0.25) is 5.91 Å². The summed E-state index contributed by atoms with van der Waals surface area (Å²) in [5.41, 5.74) is 2.59. The first-order chi connectivity index (χ1) is 11.5. The number of carbonyl (C=O) groups is 1. The third kappa shape index (κ3) is 3.70. The number of nitrogens with zero attached hydrogens (tertiary/aromatic N) is 2. The molecular weight excluding hydrogens is 300 g/mol. The standard InChI is InChI=1S/C20H26N2O2/c1-15-6-8-16(9-7-15)18-13-22(14-19(18)21(2)3)20(23)11-10-17-5-4-12-24-17/h4-9,12,18-19H,10-11,13-14H2,1-3H3/t18-,19+/m0/s1. The van der Waals surface area contributed by atoms with Crippen LogP contribution in [0.3, 0.4) is 0 Å². The van der Waals surface area contributed by atoms with Crippen LogP contribution in [0.4, 0.5) is 0 Å². The highest BCUT2D eigenvalue weighted by atomic mass is 16.3. The smallest absolute Gasteiger partial charge is 0.223 e. The summed E-state index contributed by atoms with van der Waals surface area (Å²) in [6, 6.07) is 12.9. The van der Waals surface area contributed by atoms with Gasteiger partial charge in [0.25, 0.3) is 0 Å². The molecule has 2 atom stereocenters. The van der Waals surface area contributed by atoms with E-state index in [9.17, 15) is 4.79 Å². The largest absolute Gasteiger partial charge is 0.469 e. The molecular formula is C20H26N2O2. The fourth-order valence-electron chi connectivity index (χ4n) is 3.50. The van der Waals surface area contributed by atoms with Gasteiger partial charge in [0.15, 0.2) is 0 Å². The van der Waals surface area contributed by atoms with Crippen LogP contribution in [-0.2, 0) is 11.2 Å². The number of carbonyl (C=O) groups excluding carboxylic acids is 1. The lowest BCUT2D eigenvalue weighted by Gasteiger charge is -2.25. The van der Waals surface area contributed by atoms with Crippen molar-refractivity contribution in [3.05, 3.63) is 59.5 Å². The van der Waals surface area contributed by atoms with Crippen molar-refractivity contribution in [1.82, 2.24) is 9.80 Å². The van der Waals surface area contributed by atoms with E-state index in [1.165, 1.54) is 11.1 Å². The first-order valence-electron chi connectivity index (χ1n) is 8.57. The maximum Gasteiger partial charge on any atom is 0.223 e. The molecule has 1 amide bonds. The number of hydrogen-bond acceptors (Lipinski definition) is 3. The lowest BCUT2D eigenvalue weighted by Crippen LogP contribution is -2.35. The van der Waals surface area contributed by atoms with E-state index in [-0.39, 0.29) is 5.91 Å². The zero-order valence-corrected chi connectivity index (χ0v) is 14.7. The van der Waals surface area contributed by atoms with E-state index in [0.29, 0.717) is 24.8 Å².